The van der Waals surface area contributed by atoms with Crippen LogP contribution in [0.4, 0.5) is 0 Å². The van der Waals surface area contributed by atoms with Gasteiger partial charge in [-0.25, -0.2) is 0 Å². The highest BCUT2D eigenvalue weighted by molar-refractivity contribution is 5.32. The number of hydrogen-bond acceptors (Lipinski definition) is 4. The molecule has 0 radical (unpaired) electrons. The summed E-state index contributed by atoms with van der Waals surface area (Å²) in [5.41, 5.74) is 0. The van der Waals surface area contributed by atoms with Crippen molar-refractivity contribution in [2.45, 2.75) is 39.9 Å². The fourth-order valence-corrected chi connectivity index (χ4v) is 1.67. The normalized spacial score (nSPS) is 10.8. The third-order valence-corrected chi connectivity index (χ3v) is 2.66. The fraction of sp³-hybridized carbons (Fsp3) is 0.625. The average molecular weight is 282 g/mol. The lowest BCUT2D eigenvalue weighted by molar-refractivity contribution is -0.152. The molecule has 0 heterocycles. The van der Waals surface area contributed by atoms with Gasteiger partial charge in [-0.05, 0) is 32.4 Å². The summed E-state index contributed by atoms with van der Waals surface area (Å²) < 4.78 is 22.2. The lowest BCUT2D eigenvalue weighted by atomic mass is 10.3. The molecule has 0 bridgehead atoms. The Bertz CT molecular complexity index is 348. The van der Waals surface area contributed by atoms with Crippen molar-refractivity contribution in [3.05, 3.63) is 24.3 Å². The first-order valence-corrected chi connectivity index (χ1v) is 7.39. The second-order valence-electron chi connectivity index (χ2n) is 4.33. The van der Waals surface area contributed by atoms with Crippen LogP contribution < -0.4 is 9.47 Å². The van der Waals surface area contributed by atoms with Gasteiger partial charge in [0.15, 0.2) is 6.29 Å². The van der Waals surface area contributed by atoms with E-state index in [0.29, 0.717) is 19.8 Å². The Labute approximate surface area is 122 Å². The van der Waals surface area contributed by atoms with Gasteiger partial charge in [0.25, 0.3) is 0 Å². The third-order valence-electron chi connectivity index (χ3n) is 2.66. The van der Waals surface area contributed by atoms with Crippen LogP contribution in [0.25, 0.3) is 0 Å². The minimum absolute atomic E-state index is 0.324. The van der Waals surface area contributed by atoms with E-state index in [1.807, 2.05) is 38.1 Å². The first-order valence-electron chi connectivity index (χ1n) is 7.39. The van der Waals surface area contributed by atoms with Crippen LogP contribution in [0.15, 0.2) is 24.3 Å². The molecule has 0 N–H and O–H groups in total. The van der Waals surface area contributed by atoms with E-state index in [4.69, 9.17) is 18.9 Å². The molecule has 4 nitrogen and oxygen atoms in total. The van der Waals surface area contributed by atoms with E-state index in [0.717, 1.165) is 30.9 Å². The smallest absolute Gasteiger partial charge is 0.191 e. The zero-order valence-electron chi connectivity index (χ0n) is 12.8. The maximum Gasteiger partial charge on any atom is 0.191 e. The lowest BCUT2D eigenvalue weighted by Gasteiger charge is -2.17. The second kappa shape index (κ2) is 10.5. The topological polar surface area (TPSA) is 36.9 Å². The predicted molar refractivity (Wildman–Crippen MR) is 79.4 cm³/mol. The first-order chi connectivity index (χ1) is 9.80. The Morgan fingerprint density at radius 1 is 0.950 bits per heavy atom. The van der Waals surface area contributed by atoms with Gasteiger partial charge in [0.1, 0.15) is 18.1 Å². The van der Waals surface area contributed by atoms with Gasteiger partial charge in [0.2, 0.25) is 0 Å². The molecule has 0 saturated heterocycles. The highest BCUT2D eigenvalue weighted by atomic mass is 16.7. The molecule has 0 amide bonds. The zero-order chi connectivity index (χ0) is 14.6. The molecule has 0 unspecified atom stereocenters. The van der Waals surface area contributed by atoms with E-state index in [1.165, 1.54) is 0 Å². The Balaban J connectivity index is 2.43. The van der Waals surface area contributed by atoms with E-state index in [2.05, 4.69) is 6.92 Å². The van der Waals surface area contributed by atoms with Gasteiger partial charge in [-0.2, -0.15) is 0 Å². The number of ether oxygens (including phenoxy) is 4. The molecule has 0 aromatic heterocycles. The summed E-state index contributed by atoms with van der Waals surface area (Å²) >= 11 is 0. The molecule has 0 atom stereocenters. The molecular weight excluding hydrogens is 256 g/mol. The highest BCUT2D eigenvalue weighted by Gasteiger charge is 2.09. The summed E-state index contributed by atoms with van der Waals surface area (Å²) in [5, 5.41) is 0. The number of rotatable bonds is 11. The van der Waals surface area contributed by atoms with Crippen LogP contribution in [0.3, 0.4) is 0 Å². The van der Waals surface area contributed by atoms with E-state index in [-0.39, 0.29) is 6.29 Å². The molecule has 1 aromatic rings. The molecule has 0 aliphatic carbocycles. The lowest BCUT2D eigenvalue weighted by Crippen LogP contribution is -2.25. The van der Waals surface area contributed by atoms with Crippen LogP contribution in [0.1, 0.15) is 33.6 Å². The first kappa shape index (κ1) is 16.8. The molecule has 114 valence electrons. The number of hydrogen-bond donors (Lipinski definition) is 0. The largest absolute Gasteiger partial charge is 0.493 e. The average Bonchev–Trinajstić information content (AvgIpc) is 2.46. The molecule has 0 fully saturated rings. The molecule has 1 rings (SSSR count). The van der Waals surface area contributed by atoms with Crippen molar-refractivity contribution in [3.8, 4) is 11.5 Å². The van der Waals surface area contributed by atoms with Gasteiger partial charge in [-0.3, -0.25) is 0 Å². The summed E-state index contributed by atoms with van der Waals surface area (Å²) in [6, 6.07) is 7.66. The minimum Gasteiger partial charge on any atom is -0.493 e. The highest BCUT2D eigenvalue weighted by Crippen LogP contribution is 2.20. The minimum atomic E-state index is -0.324. The summed E-state index contributed by atoms with van der Waals surface area (Å²) in [4.78, 5) is 0. The molecular formula is C16H26O4. The van der Waals surface area contributed by atoms with Gasteiger partial charge in [0, 0.05) is 19.3 Å². The van der Waals surface area contributed by atoms with E-state index >= 15 is 0 Å². The Hall–Kier alpha value is -1.26. The monoisotopic (exact) mass is 282 g/mol. The molecule has 0 aliphatic rings. The number of unbranched alkanes of at least 4 members (excludes halogenated alkanes) is 1. The maximum absolute atomic E-state index is 5.69. The summed E-state index contributed by atoms with van der Waals surface area (Å²) in [6.07, 6.45) is 1.86. The SMILES string of the molecule is CCCCOc1cccc(OCC(OCC)OCC)c1. The van der Waals surface area contributed by atoms with Gasteiger partial charge in [0.05, 0.1) is 6.61 Å². The van der Waals surface area contributed by atoms with Crippen LogP contribution in [0.5, 0.6) is 11.5 Å². The van der Waals surface area contributed by atoms with E-state index in [9.17, 15) is 0 Å². The van der Waals surface area contributed by atoms with Crippen LogP contribution in [0, 0.1) is 0 Å². The summed E-state index contributed by atoms with van der Waals surface area (Å²) in [6.45, 7) is 8.34. The molecule has 1 aromatic carbocycles. The second-order valence-corrected chi connectivity index (χ2v) is 4.33. The van der Waals surface area contributed by atoms with Gasteiger partial charge < -0.3 is 18.9 Å². The molecule has 0 spiro atoms. The molecule has 4 heteroatoms. The van der Waals surface area contributed by atoms with Crippen LogP contribution in [-0.2, 0) is 9.47 Å². The Morgan fingerprint density at radius 2 is 1.60 bits per heavy atom. The van der Waals surface area contributed by atoms with Crippen molar-refractivity contribution in [3.63, 3.8) is 0 Å². The molecule has 0 saturated carbocycles. The van der Waals surface area contributed by atoms with E-state index in [1.54, 1.807) is 0 Å². The summed E-state index contributed by atoms with van der Waals surface area (Å²) in [7, 11) is 0. The van der Waals surface area contributed by atoms with Crippen molar-refractivity contribution in [1.82, 2.24) is 0 Å². The van der Waals surface area contributed by atoms with Gasteiger partial charge in [-0.15, -0.1) is 0 Å². The Morgan fingerprint density at radius 3 is 2.20 bits per heavy atom. The molecule has 20 heavy (non-hydrogen) atoms. The van der Waals surface area contributed by atoms with Crippen LogP contribution in [0.2, 0.25) is 0 Å². The zero-order valence-corrected chi connectivity index (χ0v) is 12.8. The quantitative estimate of drug-likeness (QED) is 0.458. The van der Waals surface area contributed by atoms with Crippen molar-refractivity contribution in [1.29, 1.82) is 0 Å². The fourth-order valence-electron chi connectivity index (χ4n) is 1.67. The maximum atomic E-state index is 5.69. The van der Waals surface area contributed by atoms with E-state index < -0.39 is 0 Å². The van der Waals surface area contributed by atoms with Crippen molar-refractivity contribution < 1.29 is 18.9 Å². The van der Waals surface area contributed by atoms with Crippen LogP contribution in [-0.4, -0.2) is 32.7 Å². The van der Waals surface area contributed by atoms with Crippen molar-refractivity contribution in [2.24, 2.45) is 0 Å². The molecule has 0 aliphatic heterocycles. The standard InChI is InChI=1S/C16H26O4/c1-4-7-11-19-14-9-8-10-15(12-14)20-13-16(17-5-2)18-6-3/h8-10,12,16H,4-7,11,13H2,1-3H3. The van der Waals surface area contributed by atoms with Crippen molar-refractivity contribution in [2.75, 3.05) is 26.4 Å². The Kier molecular flexibility index (Phi) is 8.83. The third kappa shape index (κ3) is 6.78. The van der Waals surface area contributed by atoms with Crippen LogP contribution >= 0.6 is 0 Å². The van der Waals surface area contributed by atoms with Crippen molar-refractivity contribution >= 4 is 0 Å². The van der Waals surface area contributed by atoms with Gasteiger partial charge >= 0.3 is 0 Å². The number of benzene rings is 1. The van der Waals surface area contributed by atoms with Gasteiger partial charge in [-0.1, -0.05) is 19.4 Å². The predicted octanol–water partition coefficient (Wildman–Crippen LogP) is 3.64. The summed E-state index contributed by atoms with van der Waals surface area (Å²) in [5.74, 6) is 1.60.